The van der Waals surface area contributed by atoms with Crippen LogP contribution >= 0.6 is 11.6 Å². The molecule has 27 heavy (non-hydrogen) atoms. The summed E-state index contributed by atoms with van der Waals surface area (Å²) in [7, 11) is 0. The number of aryl methyl sites for hydroxylation is 1. The van der Waals surface area contributed by atoms with Crippen molar-refractivity contribution in [2.45, 2.75) is 37.5 Å². The van der Waals surface area contributed by atoms with Crippen LogP contribution in [0.3, 0.4) is 0 Å². The Morgan fingerprint density at radius 1 is 1.30 bits per heavy atom. The molecule has 2 N–H and O–H groups in total. The zero-order valence-electron chi connectivity index (χ0n) is 14.8. The van der Waals surface area contributed by atoms with Gasteiger partial charge in [0.2, 0.25) is 5.91 Å². The number of amides is 1. The van der Waals surface area contributed by atoms with E-state index >= 15 is 0 Å². The highest BCUT2D eigenvalue weighted by molar-refractivity contribution is 6.30. The number of fused-ring (bicyclic) bond motifs is 1. The van der Waals surface area contributed by atoms with E-state index < -0.39 is 0 Å². The van der Waals surface area contributed by atoms with Crippen LogP contribution in [0.25, 0.3) is 0 Å². The van der Waals surface area contributed by atoms with E-state index in [0.29, 0.717) is 31.3 Å². The first kappa shape index (κ1) is 18.3. The molecular weight excluding hydrogens is 370 g/mol. The molecule has 7 nitrogen and oxygen atoms in total. The van der Waals surface area contributed by atoms with Crippen molar-refractivity contribution >= 4 is 17.5 Å². The molecule has 2 fully saturated rings. The highest BCUT2D eigenvalue weighted by Gasteiger charge is 2.38. The van der Waals surface area contributed by atoms with Crippen molar-refractivity contribution in [3.8, 4) is 0 Å². The number of morpholine rings is 1. The van der Waals surface area contributed by atoms with Crippen molar-refractivity contribution in [3.05, 3.63) is 57.0 Å². The first-order chi connectivity index (χ1) is 13.1. The van der Waals surface area contributed by atoms with Crippen LogP contribution in [0.1, 0.15) is 30.3 Å². The van der Waals surface area contributed by atoms with E-state index in [1.165, 1.54) is 6.07 Å². The minimum absolute atomic E-state index is 0.0288. The van der Waals surface area contributed by atoms with Gasteiger partial charge < -0.3 is 14.6 Å². The van der Waals surface area contributed by atoms with E-state index in [1.807, 2.05) is 24.3 Å². The van der Waals surface area contributed by atoms with Crippen molar-refractivity contribution in [1.29, 1.82) is 0 Å². The predicted octanol–water partition coefficient (Wildman–Crippen LogP) is 1.88. The third-order valence-electron chi connectivity index (χ3n) is 5.20. The number of rotatable bonds is 5. The lowest BCUT2D eigenvalue weighted by atomic mass is 10.1. The molecule has 4 rings (SSSR count). The minimum atomic E-state index is -0.284. The van der Waals surface area contributed by atoms with Crippen LogP contribution in [-0.4, -0.2) is 47.7 Å². The molecule has 0 radical (unpaired) electrons. The Kier molecular flexibility index (Phi) is 5.33. The smallest absolute Gasteiger partial charge is 0.280 e. The second kappa shape index (κ2) is 7.88. The first-order valence-electron chi connectivity index (χ1n) is 9.14. The van der Waals surface area contributed by atoms with E-state index in [2.05, 4.69) is 15.4 Å². The number of benzene rings is 1. The number of nitrogens with one attached hydrogen (secondary N) is 2. The van der Waals surface area contributed by atoms with Crippen molar-refractivity contribution in [2.75, 3.05) is 19.7 Å². The highest BCUT2D eigenvalue weighted by atomic mass is 35.5. The molecule has 1 aromatic heterocycles. The van der Waals surface area contributed by atoms with E-state index in [0.717, 1.165) is 30.1 Å². The number of carbonyl (C=O) groups is 1. The van der Waals surface area contributed by atoms with Crippen LogP contribution in [0.15, 0.2) is 39.6 Å². The number of carbonyl (C=O) groups excluding carboxylic acids is 1. The second-order valence-corrected chi connectivity index (χ2v) is 7.60. The fourth-order valence-corrected chi connectivity index (χ4v) is 3.96. The summed E-state index contributed by atoms with van der Waals surface area (Å²) in [6.07, 6.45) is 1.63. The lowest BCUT2D eigenvalue weighted by molar-refractivity contribution is -0.121. The number of halogens is 1. The monoisotopic (exact) mass is 391 g/mol. The summed E-state index contributed by atoms with van der Waals surface area (Å²) < 4.78 is 11.0. The van der Waals surface area contributed by atoms with Gasteiger partial charge in [0.1, 0.15) is 5.76 Å². The molecular formula is C19H22ClN3O4. The average molecular weight is 392 g/mol. The number of ether oxygens (including phenoxy) is 1. The van der Waals surface area contributed by atoms with Gasteiger partial charge in [0, 0.05) is 49.1 Å². The van der Waals surface area contributed by atoms with Gasteiger partial charge in [-0.25, -0.2) is 0 Å². The summed E-state index contributed by atoms with van der Waals surface area (Å²) in [4.78, 5) is 25.6. The van der Waals surface area contributed by atoms with Crippen molar-refractivity contribution in [1.82, 2.24) is 15.4 Å². The van der Waals surface area contributed by atoms with Crippen LogP contribution < -0.4 is 10.9 Å². The Bertz CT molecular complexity index is 847. The van der Waals surface area contributed by atoms with Gasteiger partial charge in [-0.2, -0.15) is 5.16 Å². The molecule has 0 spiro atoms. The van der Waals surface area contributed by atoms with Crippen LogP contribution in [0.5, 0.6) is 0 Å². The molecule has 144 valence electrons. The van der Waals surface area contributed by atoms with Gasteiger partial charge in [-0.05, 0) is 24.1 Å². The fraction of sp³-hybridized carbons (Fsp3) is 0.474. The highest BCUT2D eigenvalue weighted by Crippen LogP contribution is 2.30. The molecule has 2 aliphatic heterocycles. The summed E-state index contributed by atoms with van der Waals surface area (Å²) in [6, 6.07) is 9.59. The summed E-state index contributed by atoms with van der Waals surface area (Å²) >= 11 is 5.96. The number of hydrogen-bond donors (Lipinski definition) is 2. The third kappa shape index (κ3) is 4.43. The molecule has 2 aromatic rings. The lowest BCUT2D eigenvalue weighted by Gasteiger charge is -2.35. The van der Waals surface area contributed by atoms with Crippen LogP contribution in [-0.2, 0) is 16.0 Å². The Hall–Kier alpha value is -2.09. The van der Waals surface area contributed by atoms with Gasteiger partial charge in [0.05, 0.1) is 12.7 Å². The molecule has 1 amide bonds. The minimum Gasteiger partial charge on any atom is -0.384 e. The fourth-order valence-electron chi connectivity index (χ4n) is 3.84. The number of hydrogen-bond acceptors (Lipinski definition) is 5. The zero-order valence-corrected chi connectivity index (χ0v) is 15.6. The van der Waals surface area contributed by atoms with E-state index in [9.17, 15) is 9.59 Å². The topological polar surface area (TPSA) is 87.6 Å². The molecule has 3 atom stereocenters. The van der Waals surface area contributed by atoms with Crippen LogP contribution in [0.4, 0.5) is 0 Å². The Labute approximate surface area is 161 Å². The largest absolute Gasteiger partial charge is 0.384 e. The maximum Gasteiger partial charge on any atom is 0.280 e. The second-order valence-electron chi connectivity index (χ2n) is 7.16. The van der Waals surface area contributed by atoms with Gasteiger partial charge in [-0.15, -0.1) is 0 Å². The third-order valence-corrected chi connectivity index (χ3v) is 5.45. The van der Waals surface area contributed by atoms with Gasteiger partial charge in [-0.3, -0.25) is 14.5 Å². The maximum absolute atomic E-state index is 12.2. The average Bonchev–Trinajstić information content (AvgIpc) is 3.25. The van der Waals surface area contributed by atoms with E-state index in [-0.39, 0.29) is 23.6 Å². The molecule has 2 aliphatic rings. The summed E-state index contributed by atoms with van der Waals surface area (Å²) in [5, 5.41) is 6.04. The molecule has 0 bridgehead atoms. The van der Waals surface area contributed by atoms with Gasteiger partial charge in [0.15, 0.2) is 0 Å². The Balaban J connectivity index is 1.27. The van der Waals surface area contributed by atoms with Crippen molar-refractivity contribution < 1.29 is 14.1 Å². The van der Waals surface area contributed by atoms with E-state index in [1.54, 1.807) is 0 Å². The molecule has 3 heterocycles. The number of H-pyrrole nitrogens is 1. The lowest BCUT2D eigenvalue weighted by Crippen LogP contribution is -2.43. The maximum atomic E-state index is 12.2. The quantitative estimate of drug-likeness (QED) is 0.812. The molecule has 1 aromatic carbocycles. The molecule has 2 saturated heterocycles. The normalized spacial score (nSPS) is 25.3. The number of aromatic nitrogens is 1. The summed E-state index contributed by atoms with van der Waals surface area (Å²) in [5.41, 5.74) is 0.839. The Morgan fingerprint density at radius 2 is 2.11 bits per heavy atom. The standard InChI is InChI=1S/C19H22ClN3O4/c20-13-3-1-12(2-4-13)17-10-23-9-14(7-15(23)11-26-17)21-18(24)6-5-16-8-19(25)22-27-16/h1-4,8,14-15,17H,5-7,9-11H2,(H,21,24)(H,22,25)/t14-,15+,17-/m1/s1. The van der Waals surface area contributed by atoms with Gasteiger partial charge >= 0.3 is 0 Å². The van der Waals surface area contributed by atoms with E-state index in [4.69, 9.17) is 20.9 Å². The van der Waals surface area contributed by atoms with Crippen molar-refractivity contribution in [2.24, 2.45) is 0 Å². The number of aromatic amines is 1. The van der Waals surface area contributed by atoms with Gasteiger partial charge in [-0.1, -0.05) is 23.7 Å². The first-order valence-corrected chi connectivity index (χ1v) is 9.52. The molecule has 0 saturated carbocycles. The molecule has 0 unspecified atom stereocenters. The Morgan fingerprint density at radius 3 is 2.85 bits per heavy atom. The zero-order chi connectivity index (χ0) is 18.8. The molecule has 8 heteroatoms. The molecule has 0 aliphatic carbocycles. The summed E-state index contributed by atoms with van der Waals surface area (Å²) in [5.74, 6) is 0.470. The summed E-state index contributed by atoms with van der Waals surface area (Å²) in [6.45, 7) is 2.30. The SMILES string of the molecule is O=C(CCc1cc(=O)[nH]o1)N[C@@H]1C[C@H]2CO[C@@H](c3ccc(Cl)cc3)CN2C1. The van der Waals surface area contributed by atoms with Crippen LogP contribution in [0.2, 0.25) is 5.02 Å². The van der Waals surface area contributed by atoms with Crippen LogP contribution in [0, 0.1) is 0 Å². The van der Waals surface area contributed by atoms with Crippen molar-refractivity contribution in [3.63, 3.8) is 0 Å². The van der Waals surface area contributed by atoms with Gasteiger partial charge in [0.25, 0.3) is 5.56 Å². The predicted molar refractivity (Wildman–Crippen MR) is 99.7 cm³/mol. The number of nitrogens with zero attached hydrogens (tertiary/aromatic N) is 1.